The first kappa shape index (κ1) is 27.6. The highest BCUT2D eigenvalue weighted by Crippen LogP contribution is 2.43. The van der Waals surface area contributed by atoms with Crippen molar-refractivity contribution < 1.29 is 29.0 Å². The molecule has 3 aromatic carbocycles. The molecule has 0 aliphatic carbocycles. The van der Waals surface area contributed by atoms with Gasteiger partial charge in [-0.1, -0.05) is 53.5 Å². The van der Waals surface area contributed by atoms with Gasteiger partial charge in [-0.15, -0.1) is 0 Å². The van der Waals surface area contributed by atoms with Gasteiger partial charge in [0, 0.05) is 13.5 Å². The molecule has 194 valence electrons. The lowest BCUT2D eigenvalue weighted by Crippen LogP contribution is -2.42. The maximum Gasteiger partial charge on any atom is 0.326 e. The minimum Gasteiger partial charge on any atom is -0.496 e. The number of urea groups is 1. The number of carbonyl (C=O) groups excluding carboxylic acids is 2. The zero-order valence-corrected chi connectivity index (χ0v) is 21.7. The van der Waals surface area contributed by atoms with Crippen LogP contribution in [-0.4, -0.2) is 50.3 Å². The summed E-state index contributed by atoms with van der Waals surface area (Å²) in [7, 11) is 4.50. The van der Waals surface area contributed by atoms with Crippen LogP contribution in [0.25, 0.3) is 11.1 Å². The Morgan fingerprint density at radius 1 is 0.946 bits per heavy atom. The minimum absolute atomic E-state index is 0.00988. The number of carboxylic acid groups (broad SMARTS) is 1. The van der Waals surface area contributed by atoms with Crippen molar-refractivity contribution in [3.8, 4) is 22.6 Å². The number of anilines is 1. The lowest BCUT2D eigenvalue weighted by molar-refractivity contribution is -0.139. The zero-order chi connectivity index (χ0) is 27.1. The van der Waals surface area contributed by atoms with Gasteiger partial charge in [0.15, 0.2) is 5.75 Å². The average Bonchev–Trinajstić information content (AvgIpc) is 2.88. The predicted octanol–water partition coefficient (Wildman–Crippen LogP) is 4.85. The second kappa shape index (κ2) is 12.3. The molecule has 37 heavy (non-hydrogen) atoms. The maximum atomic E-state index is 12.7. The molecule has 1 atom stereocenters. The standard InChI is InChI=1S/C26H25Cl2N3O6/c1-29-26(35)31-18-11-12-20(36-2)21(23(18)37-3)15-9-7-14(8-10-15)13-19(25(33)34)30-24(32)22-16(27)5-4-6-17(22)28/h4-12,19H,13H2,1-3H3,(H,30,32)(H,33,34)(H2,29,31,35)/t19-/m0/s1. The topological polar surface area (TPSA) is 126 Å². The monoisotopic (exact) mass is 545 g/mol. The lowest BCUT2D eigenvalue weighted by atomic mass is 9.98. The molecule has 0 fully saturated rings. The quantitative estimate of drug-likeness (QED) is 0.304. The number of nitrogens with one attached hydrogen (secondary N) is 3. The van der Waals surface area contributed by atoms with Crippen molar-refractivity contribution in [2.75, 3.05) is 26.6 Å². The van der Waals surface area contributed by atoms with Crippen molar-refractivity contribution in [1.82, 2.24) is 10.6 Å². The van der Waals surface area contributed by atoms with Crippen molar-refractivity contribution in [1.29, 1.82) is 0 Å². The van der Waals surface area contributed by atoms with E-state index in [1.807, 2.05) is 0 Å². The van der Waals surface area contributed by atoms with Crippen molar-refractivity contribution in [2.24, 2.45) is 0 Å². The van der Waals surface area contributed by atoms with E-state index >= 15 is 0 Å². The second-order valence-electron chi connectivity index (χ2n) is 7.79. The molecule has 0 radical (unpaired) electrons. The third-order valence-electron chi connectivity index (χ3n) is 5.49. The van der Waals surface area contributed by atoms with Crippen LogP contribution in [0.1, 0.15) is 15.9 Å². The van der Waals surface area contributed by atoms with Gasteiger partial charge in [0.05, 0.1) is 41.1 Å². The largest absolute Gasteiger partial charge is 0.496 e. The van der Waals surface area contributed by atoms with Gasteiger partial charge in [0.2, 0.25) is 0 Å². The molecule has 0 heterocycles. The highest BCUT2D eigenvalue weighted by Gasteiger charge is 2.24. The summed E-state index contributed by atoms with van der Waals surface area (Å²) in [6.45, 7) is 0. The van der Waals surface area contributed by atoms with Crippen molar-refractivity contribution in [3.05, 3.63) is 75.8 Å². The Balaban J connectivity index is 1.88. The van der Waals surface area contributed by atoms with E-state index in [0.717, 1.165) is 0 Å². The van der Waals surface area contributed by atoms with E-state index in [1.54, 1.807) is 42.5 Å². The number of amides is 3. The first-order chi connectivity index (χ1) is 17.7. The van der Waals surface area contributed by atoms with Crippen LogP contribution in [-0.2, 0) is 11.2 Å². The number of rotatable bonds is 9. The van der Waals surface area contributed by atoms with Crippen LogP contribution < -0.4 is 25.4 Å². The van der Waals surface area contributed by atoms with Gasteiger partial charge < -0.3 is 30.5 Å². The number of hydrogen-bond acceptors (Lipinski definition) is 5. The Morgan fingerprint density at radius 2 is 1.59 bits per heavy atom. The number of hydrogen-bond donors (Lipinski definition) is 4. The fraction of sp³-hybridized carbons (Fsp3) is 0.192. The molecule has 0 aliphatic heterocycles. The minimum atomic E-state index is -1.23. The van der Waals surface area contributed by atoms with Crippen molar-refractivity contribution >= 4 is 46.8 Å². The lowest BCUT2D eigenvalue weighted by Gasteiger charge is -2.18. The molecule has 3 rings (SSSR count). The van der Waals surface area contributed by atoms with Gasteiger partial charge in [-0.2, -0.15) is 0 Å². The van der Waals surface area contributed by atoms with Gasteiger partial charge in [-0.05, 0) is 35.4 Å². The molecule has 0 unspecified atom stereocenters. The number of carbonyl (C=O) groups is 3. The summed E-state index contributed by atoms with van der Waals surface area (Å²) in [6.07, 6.45) is 0.00988. The number of carboxylic acids is 1. The molecule has 0 bridgehead atoms. The number of methoxy groups -OCH3 is 2. The van der Waals surface area contributed by atoms with E-state index < -0.39 is 23.9 Å². The normalized spacial score (nSPS) is 11.3. The Morgan fingerprint density at radius 3 is 2.14 bits per heavy atom. The molecule has 0 spiro atoms. The van der Waals surface area contributed by atoms with E-state index in [2.05, 4.69) is 16.0 Å². The number of ether oxygens (including phenoxy) is 2. The van der Waals surface area contributed by atoms with Crippen LogP contribution in [0.5, 0.6) is 11.5 Å². The van der Waals surface area contributed by atoms with Crippen molar-refractivity contribution in [2.45, 2.75) is 12.5 Å². The Hall–Kier alpha value is -3.95. The van der Waals surface area contributed by atoms with Crippen LogP contribution in [0.15, 0.2) is 54.6 Å². The van der Waals surface area contributed by atoms with Crippen LogP contribution in [0.3, 0.4) is 0 Å². The number of aliphatic carboxylic acids is 1. The van der Waals surface area contributed by atoms with Gasteiger partial charge in [0.25, 0.3) is 5.91 Å². The SMILES string of the molecule is CNC(=O)Nc1ccc(OC)c(-c2ccc(C[C@H](NC(=O)c3c(Cl)cccc3Cl)C(=O)O)cc2)c1OC. The molecular weight excluding hydrogens is 521 g/mol. The highest BCUT2D eigenvalue weighted by atomic mass is 35.5. The van der Waals surface area contributed by atoms with E-state index in [1.165, 1.54) is 33.4 Å². The summed E-state index contributed by atoms with van der Waals surface area (Å²) in [5.41, 5.74) is 2.41. The van der Waals surface area contributed by atoms with Gasteiger partial charge in [-0.3, -0.25) is 4.79 Å². The average molecular weight is 546 g/mol. The Labute approximate surface area is 223 Å². The van der Waals surface area contributed by atoms with Crippen LogP contribution >= 0.6 is 23.2 Å². The van der Waals surface area contributed by atoms with Crippen LogP contribution in [0.4, 0.5) is 10.5 Å². The third-order valence-corrected chi connectivity index (χ3v) is 6.12. The summed E-state index contributed by atoms with van der Waals surface area (Å²) in [4.78, 5) is 36.4. The molecule has 4 N–H and O–H groups in total. The molecule has 0 aromatic heterocycles. The summed E-state index contributed by atoms with van der Waals surface area (Å²) in [5.74, 6) is -0.992. The Kier molecular flexibility index (Phi) is 9.21. The summed E-state index contributed by atoms with van der Waals surface area (Å²) < 4.78 is 11.1. The van der Waals surface area contributed by atoms with E-state index in [9.17, 15) is 19.5 Å². The Bertz CT molecular complexity index is 1290. The van der Waals surface area contributed by atoms with Gasteiger partial charge in [-0.25, -0.2) is 9.59 Å². The van der Waals surface area contributed by atoms with E-state index in [0.29, 0.717) is 33.9 Å². The fourth-order valence-corrected chi connectivity index (χ4v) is 4.26. The van der Waals surface area contributed by atoms with Gasteiger partial charge >= 0.3 is 12.0 Å². The first-order valence-electron chi connectivity index (χ1n) is 11.0. The fourth-order valence-electron chi connectivity index (χ4n) is 3.69. The van der Waals surface area contributed by atoms with Crippen LogP contribution in [0, 0.1) is 0 Å². The second-order valence-corrected chi connectivity index (χ2v) is 8.60. The first-order valence-corrected chi connectivity index (χ1v) is 11.8. The summed E-state index contributed by atoms with van der Waals surface area (Å²) >= 11 is 12.2. The maximum absolute atomic E-state index is 12.7. The number of benzene rings is 3. The molecule has 0 saturated heterocycles. The van der Waals surface area contributed by atoms with Gasteiger partial charge in [0.1, 0.15) is 11.8 Å². The van der Waals surface area contributed by atoms with E-state index in [-0.39, 0.29) is 22.0 Å². The summed E-state index contributed by atoms with van der Waals surface area (Å²) in [6, 6.07) is 13.3. The molecular formula is C26H25Cl2N3O6. The molecule has 9 nitrogen and oxygen atoms in total. The third kappa shape index (κ3) is 6.44. The molecule has 0 saturated carbocycles. The highest BCUT2D eigenvalue weighted by molar-refractivity contribution is 6.39. The molecule has 3 aromatic rings. The summed E-state index contributed by atoms with van der Waals surface area (Å²) in [5, 5.41) is 17.6. The van der Waals surface area contributed by atoms with Crippen LogP contribution in [0.2, 0.25) is 10.0 Å². The molecule has 0 aliphatic rings. The number of halogens is 2. The molecule has 11 heteroatoms. The predicted molar refractivity (Wildman–Crippen MR) is 142 cm³/mol. The zero-order valence-electron chi connectivity index (χ0n) is 20.2. The van der Waals surface area contributed by atoms with E-state index in [4.69, 9.17) is 32.7 Å². The molecule has 3 amide bonds. The smallest absolute Gasteiger partial charge is 0.326 e. The van der Waals surface area contributed by atoms with Crippen molar-refractivity contribution in [3.63, 3.8) is 0 Å².